The minimum absolute atomic E-state index is 0.0671. The molecule has 0 radical (unpaired) electrons. The molecular weight excluding hydrogens is 200 g/mol. The molecule has 1 rings (SSSR count). The SMILES string of the molecule is COCOC.O=C(O)c1ccccc1O. The van der Waals surface area contributed by atoms with Crippen LogP contribution >= 0.6 is 0 Å². The number of phenols is 1. The summed E-state index contributed by atoms with van der Waals surface area (Å²) in [6.07, 6.45) is 0. The van der Waals surface area contributed by atoms with E-state index < -0.39 is 5.97 Å². The molecule has 5 heteroatoms. The van der Waals surface area contributed by atoms with E-state index in [2.05, 4.69) is 9.47 Å². The van der Waals surface area contributed by atoms with Crippen LogP contribution in [0.2, 0.25) is 0 Å². The third-order valence-corrected chi connectivity index (χ3v) is 1.37. The van der Waals surface area contributed by atoms with E-state index in [-0.39, 0.29) is 11.3 Å². The first kappa shape index (κ1) is 13.4. The van der Waals surface area contributed by atoms with E-state index in [1.54, 1.807) is 26.4 Å². The molecule has 1 aromatic rings. The van der Waals surface area contributed by atoms with Gasteiger partial charge in [-0.05, 0) is 12.1 Å². The van der Waals surface area contributed by atoms with E-state index in [0.717, 1.165) is 0 Å². The molecule has 0 aliphatic heterocycles. The van der Waals surface area contributed by atoms with Gasteiger partial charge >= 0.3 is 5.97 Å². The second-order valence-corrected chi connectivity index (χ2v) is 2.52. The van der Waals surface area contributed by atoms with Crippen molar-refractivity contribution >= 4 is 5.97 Å². The molecule has 84 valence electrons. The Bertz CT molecular complexity index is 296. The highest BCUT2D eigenvalue weighted by Crippen LogP contribution is 2.14. The highest BCUT2D eigenvalue weighted by atomic mass is 16.6. The molecule has 0 bridgehead atoms. The van der Waals surface area contributed by atoms with Crippen LogP contribution in [0.3, 0.4) is 0 Å². The van der Waals surface area contributed by atoms with Gasteiger partial charge in [0.2, 0.25) is 0 Å². The molecule has 2 N–H and O–H groups in total. The quantitative estimate of drug-likeness (QED) is 0.742. The molecule has 0 heterocycles. The molecule has 0 aromatic heterocycles. The number of rotatable bonds is 3. The van der Waals surface area contributed by atoms with Crippen LogP contribution in [0.15, 0.2) is 24.3 Å². The average molecular weight is 214 g/mol. The molecule has 0 saturated carbocycles. The number of ether oxygens (including phenoxy) is 2. The molecule has 0 aliphatic rings. The fourth-order valence-corrected chi connectivity index (χ4v) is 0.772. The number of para-hydroxylation sites is 1. The second-order valence-electron chi connectivity index (χ2n) is 2.52. The summed E-state index contributed by atoms with van der Waals surface area (Å²) in [5.74, 6) is -1.31. The summed E-state index contributed by atoms with van der Waals surface area (Å²) in [4.78, 5) is 10.3. The van der Waals surface area contributed by atoms with E-state index in [0.29, 0.717) is 6.79 Å². The molecule has 15 heavy (non-hydrogen) atoms. The van der Waals surface area contributed by atoms with Crippen LogP contribution < -0.4 is 0 Å². The number of aromatic hydroxyl groups is 1. The predicted molar refractivity (Wildman–Crippen MR) is 54.0 cm³/mol. The van der Waals surface area contributed by atoms with Gasteiger partial charge in [0.15, 0.2) is 0 Å². The van der Waals surface area contributed by atoms with Crippen LogP contribution in [0.25, 0.3) is 0 Å². The number of benzene rings is 1. The summed E-state index contributed by atoms with van der Waals surface area (Å²) in [5, 5.41) is 17.3. The smallest absolute Gasteiger partial charge is 0.339 e. The first-order valence-corrected chi connectivity index (χ1v) is 4.12. The van der Waals surface area contributed by atoms with Crippen molar-refractivity contribution in [2.24, 2.45) is 0 Å². The van der Waals surface area contributed by atoms with Crippen molar-refractivity contribution in [1.82, 2.24) is 0 Å². The Balaban J connectivity index is 0.000000336. The number of hydrogen-bond acceptors (Lipinski definition) is 4. The minimum Gasteiger partial charge on any atom is -0.507 e. The van der Waals surface area contributed by atoms with Crippen LogP contribution in [-0.2, 0) is 9.47 Å². The second kappa shape index (κ2) is 7.78. The lowest BCUT2D eigenvalue weighted by Gasteiger charge is -1.95. The monoisotopic (exact) mass is 214 g/mol. The Morgan fingerprint density at radius 2 is 1.80 bits per heavy atom. The van der Waals surface area contributed by atoms with E-state index in [9.17, 15) is 4.79 Å². The highest BCUT2D eigenvalue weighted by molar-refractivity contribution is 5.90. The molecule has 0 aliphatic carbocycles. The van der Waals surface area contributed by atoms with Gasteiger partial charge in [0, 0.05) is 14.2 Å². The summed E-state index contributed by atoms with van der Waals surface area (Å²) in [5.41, 5.74) is -0.0671. The third-order valence-electron chi connectivity index (χ3n) is 1.37. The van der Waals surface area contributed by atoms with Crippen LogP contribution in [-0.4, -0.2) is 37.2 Å². The Morgan fingerprint density at radius 1 is 1.27 bits per heavy atom. The van der Waals surface area contributed by atoms with E-state index in [1.807, 2.05) is 0 Å². The maximum Gasteiger partial charge on any atom is 0.339 e. The van der Waals surface area contributed by atoms with Crippen molar-refractivity contribution < 1.29 is 24.5 Å². The zero-order valence-corrected chi connectivity index (χ0v) is 8.64. The first-order valence-electron chi connectivity index (χ1n) is 4.12. The van der Waals surface area contributed by atoms with Crippen LogP contribution in [0.5, 0.6) is 5.75 Å². The van der Waals surface area contributed by atoms with Crippen LogP contribution in [0, 0.1) is 0 Å². The lowest BCUT2D eigenvalue weighted by molar-refractivity contribution is -0.00272. The summed E-state index contributed by atoms with van der Waals surface area (Å²) in [7, 11) is 3.17. The Hall–Kier alpha value is -1.59. The third kappa shape index (κ3) is 5.66. The summed E-state index contributed by atoms with van der Waals surface area (Å²) >= 11 is 0. The van der Waals surface area contributed by atoms with Crippen LogP contribution in [0.1, 0.15) is 10.4 Å². The zero-order chi connectivity index (χ0) is 11.7. The van der Waals surface area contributed by atoms with E-state index in [4.69, 9.17) is 10.2 Å². The summed E-state index contributed by atoms with van der Waals surface area (Å²) in [6.45, 7) is 0.389. The largest absolute Gasteiger partial charge is 0.507 e. The average Bonchev–Trinajstić information content (AvgIpc) is 2.20. The van der Waals surface area contributed by atoms with Gasteiger partial charge in [-0.2, -0.15) is 0 Å². The molecule has 1 aromatic carbocycles. The molecule has 0 spiro atoms. The van der Waals surface area contributed by atoms with E-state index >= 15 is 0 Å². The van der Waals surface area contributed by atoms with Crippen molar-refractivity contribution in [1.29, 1.82) is 0 Å². The van der Waals surface area contributed by atoms with Crippen molar-refractivity contribution in [3.05, 3.63) is 29.8 Å². The highest BCUT2D eigenvalue weighted by Gasteiger charge is 2.05. The minimum atomic E-state index is -1.11. The summed E-state index contributed by atoms with van der Waals surface area (Å²) in [6, 6.07) is 5.81. The maximum atomic E-state index is 10.3. The van der Waals surface area contributed by atoms with Gasteiger partial charge in [0.05, 0.1) is 0 Å². The number of carboxylic acid groups (broad SMARTS) is 1. The normalized spacial score (nSPS) is 8.93. The van der Waals surface area contributed by atoms with Gasteiger partial charge in [-0.1, -0.05) is 12.1 Å². The molecule has 0 saturated heterocycles. The van der Waals surface area contributed by atoms with Gasteiger partial charge in [-0.15, -0.1) is 0 Å². The van der Waals surface area contributed by atoms with Gasteiger partial charge < -0.3 is 19.7 Å². The predicted octanol–water partition coefficient (Wildman–Crippen LogP) is 1.33. The van der Waals surface area contributed by atoms with Crippen LogP contribution in [0.4, 0.5) is 0 Å². The molecule has 5 nitrogen and oxygen atoms in total. The number of aromatic carboxylic acids is 1. The Morgan fingerprint density at radius 3 is 2.07 bits per heavy atom. The lowest BCUT2D eigenvalue weighted by atomic mass is 10.2. The van der Waals surface area contributed by atoms with Crippen molar-refractivity contribution in [3.8, 4) is 5.75 Å². The molecule has 0 amide bonds. The van der Waals surface area contributed by atoms with Gasteiger partial charge in [-0.25, -0.2) is 4.79 Å². The Kier molecular flexibility index (Phi) is 6.96. The zero-order valence-electron chi connectivity index (χ0n) is 8.64. The summed E-state index contributed by atoms with van der Waals surface area (Å²) < 4.78 is 8.94. The topological polar surface area (TPSA) is 76.0 Å². The van der Waals surface area contributed by atoms with Gasteiger partial charge in [0.1, 0.15) is 18.1 Å². The van der Waals surface area contributed by atoms with Crippen molar-refractivity contribution in [2.45, 2.75) is 0 Å². The fourth-order valence-electron chi connectivity index (χ4n) is 0.772. The standard InChI is InChI=1S/C7H6O3.C3H8O2/c8-6-4-2-1-3-5(6)7(9)10;1-4-3-5-2/h1-4,8H,(H,9,10);3H2,1-2H3. The van der Waals surface area contributed by atoms with Crippen molar-refractivity contribution in [3.63, 3.8) is 0 Å². The Labute approximate surface area is 87.9 Å². The van der Waals surface area contributed by atoms with E-state index in [1.165, 1.54) is 12.1 Å². The fraction of sp³-hybridized carbons (Fsp3) is 0.300. The molecular formula is C10H14O5. The number of hydrogen-bond donors (Lipinski definition) is 2. The molecule has 0 unspecified atom stereocenters. The van der Waals surface area contributed by atoms with Crippen molar-refractivity contribution in [2.75, 3.05) is 21.0 Å². The molecule has 0 fully saturated rings. The lowest BCUT2D eigenvalue weighted by Crippen LogP contribution is -1.95. The maximum absolute atomic E-state index is 10.3. The van der Waals surface area contributed by atoms with Gasteiger partial charge in [-0.3, -0.25) is 0 Å². The van der Waals surface area contributed by atoms with Gasteiger partial charge in [0.25, 0.3) is 0 Å². The number of carboxylic acids is 1. The number of methoxy groups -OCH3 is 2. The first-order chi connectivity index (χ1) is 7.13. The number of carbonyl (C=O) groups is 1. The molecule has 0 atom stereocenters.